The van der Waals surface area contributed by atoms with Crippen molar-refractivity contribution in [3.8, 4) is 51.0 Å². The molecule has 7 aromatic carbocycles. The second kappa shape index (κ2) is 12.8. The molecule has 2 heterocycles. The highest BCUT2D eigenvalue weighted by Crippen LogP contribution is 2.49. The summed E-state index contributed by atoms with van der Waals surface area (Å²) in [4.78, 5) is 10.2. The molecule has 2 atom stereocenters. The van der Waals surface area contributed by atoms with Gasteiger partial charge in [-0.05, 0) is 72.6 Å². The summed E-state index contributed by atoms with van der Waals surface area (Å²) in [6.45, 7) is 2.21. The Hall–Kier alpha value is -7.09. The van der Waals surface area contributed by atoms with Gasteiger partial charge in [0.1, 0.15) is 11.5 Å². The van der Waals surface area contributed by atoms with Crippen molar-refractivity contribution in [2.45, 2.75) is 12.8 Å². The minimum atomic E-state index is -0.00729. The second-order valence-corrected chi connectivity index (χ2v) is 14.0. The molecule has 2 unspecified atom stereocenters. The third-order valence-electron chi connectivity index (χ3n) is 10.9. The van der Waals surface area contributed by atoms with Gasteiger partial charge in [-0.15, -0.1) is 0 Å². The fourth-order valence-corrected chi connectivity index (χ4v) is 8.45. The zero-order chi connectivity index (χ0) is 36.2. The number of fused-ring (bicyclic) bond motifs is 4. The smallest absolute Gasteiger partial charge is 0.160 e. The van der Waals surface area contributed by atoms with Gasteiger partial charge in [-0.3, -0.25) is 0 Å². The van der Waals surface area contributed by atoms with Gasteiger partial charge in [-0.1, -0.05) is 153 Å². The topological polar surface area (TPSA) is 62.7 Å². The summed E-state index contributed by atoms with van der Waals surface area (Å²) in [5, 5.41) is 16.4. The molecule has 1 aliphatic carbocycles. The van der Waals surface area contributed by atoms with Crippen LogP contribution in [0.3, 0.4) is 0 Å². The Labute approximate surface area is 313 Å². The van der Waals surface area contributed by atoms with Gasteiger partial charge in [0.05, 0.1) is 17.2 Å². The van der Waals surface area contributed by atoms with Crippen LogP contribution in [0.5, 0.6) is 0 Å². The van der Waals surface area contributed by atoms with E-state index < -0.39 is 0 Å². The van der Waals surface area contributed by atoms with E-state index in [9.17, 15) is 5.26 Å². The minimum Gasteiger partial charge on any atom is -0.459 e. The number of nitrogens with zero attached hydrogens (tertiary/aromatic N) is 3. The van der Waals surface area contributed by atoms with Gasteiger partial charge in [0.15, 0.2) is 5.82 Å². The van der Waals surface area contributed by atoms with E-state index in [0.29, 0.717) is 11.4 Å². The van der Waals surface area contributed by atoms with Gasteiger partial charge in [0, 0.05) is 35.0 Å². The highest BCUT2D eigenvalue weighted by atomic mass is 16.3. The van der Waals surface area contributed by atoms with Crippen molar-refractivity contribution in [2.75, 3.05) is 0 Å². The Kier molecular flexibility index (Phi) is 7.52. The van der Waals surface area contributed by atoms with Crippen LogP contribution in [-0.2, 0) is 0 Å². The maximum atomic E-state index is 9.44. The van der Waals surface area contributed by atoms with Gasteiger partial charge in [0.2, 0.25) is 0 Å². The average molecular weight is 692 g/mol. The van der Waals surface area contributed by atoms with E-state index in [1.165, 1.54) is 21.9 Å². The van der Waals surface area contributed by atoms with Crippen LogP contribution in [0.2, 0.25) is 0 Å². The first-order chi connectivity index (χ1) is 26.7. The SMILES string of the molecule is CC1C=Cc2c(oc(-c3cnc(-c4c5ccccc5c(-c5cccc6ccccc56)c5ccccc45)nc3)c2-c2ccccc2)C1c1ccc(C#N)cc1. The normalized spacial score (nSPS) is 15.0. The maximum absolute atomic E-state index is 9.44. The van der Waals surface area contributed by atoms with Crippen molar-refractivity contribution in [2.24, 2.45) is 5.92 Å². The molecular weight excluding hydrogens is 659 g/mol. The highest BCUT2D eigenvalue weighted by Gasteiger charge is 2.33. The zero-order valence-corrected chi connectivity index (χ0v) is 29.6. The summed E-state index contributed by atoms with van der Waals surface area (Å²) < 4.78 is 6.96. The lowest BCUT2D eigenvalue weighted by atomic mass is 9.79. The molecule has 0 aliphatic heterocycles. The predicted octanol–water partition coefficient (Wildman–Crippen LogP) is 12.9. The Balaban J connectivity index is 1.15. The van der Waals surface area contributed by atoms with Gasteiger partial charge in [0.25, 0.3) is 0 Å². The van der Waals surface area contributed by atoms with E-state index in [2.05, 4.69) is 140 Å². The number of nitriles is 1. The molecule has 0 radical (unpaired) electrons. The first-order valence-corrected chi connectivity index (χ1v) is 18.3. The number of hydrogen-bond acceptors (Lipinski definition) is 4. The fraction of sp³-hybridized carbons (Fsp3) is 0.0600. The van der Waals surface area contributed by atoms with Crippen molar-refractivity contribution in [1.82, 2.24) is 9.97 Å². The lowest BCUT2D eigenvalue weighted by Crippen LogP contribution is -2.13. The molecule has 0 fully saturated rings. The van der Waals surface area contributed by atoms with E-state index in [4.69, 9.17) is 14.4 Å². The maximum Gasteiger partial charge on any atom is 0.160 e. The molecule has 0 saturated heterocycles. The van der Waals surface area contributed by atoms with Crippen molar-refractivity contribution in [3.05, 3.63) is 187 Å². The molecule has 0 N–H and O–H groups in total. The van der Waals surface area contributed by atoms with Crippen LogP contribution in [0.4, 0.5) is 0 Å². The van der Waals surface area contributed by atoms with E-state index >= 15 is 0 Å². The van der Waals surface area contributed by atoms with Crippen LogP contribution < -0.4 is 0 Å². The summed E-state index contributed by atoms with van der Waals surface area (Å²) in [6, 6.07) is 52.9. The monoisotopic (exact) mass is 691 g/mol. The fourth-order valence-electron chi connectivity index (χ4n) is 8.45. The molecule has 10 rings (SSSR count). The van der Waals surface area contributed by atoms with Crippen molar-refractivity contribution in [3.63, 3.8) is 0 Å². The molecule has 4 heteroatoms. The number of rotatable bonds is 5. The number of benzene rings is 7. The third-order valence-corrected chi connectivity index (χ3v) is 10.9. The minimum absolute atomic E-state index is 0.00729. The van der Waals surface area contributed by atoms with Crippen LogP contribution in [0.15, 0.2) is 168 Å². The molecule has 2 aromatic heterocycles. The van der Waals surface area contributed by atoms with Crippen molar-refractivity contribution >= 4 is 38.4 Å². The quantitative estimate of drug-likeness (QED) is 0.169. The van der Waals surface area contributed by atoms with Crippen molar-refractivity contribution in [1.29, 1.82) is 5.26 Å². The largest absolute Gasteiger partial charge is 0.459 e. The highest BCUT2D eigenvalue weighted by molar-refractivity contribution is 6.23. The average Bonchev–Trinajstić information content (AvgIpc) is 3.62. The molecular formula is C50H33N3O. The lowest BCUT2D eigenvalue weighted by molar-refractivity contribution is 0.454. The molecule has 0 saturated carbocycles. The molecule has 0 bridgehead atoms. The summed E-state index contributed by atoms with van der Waals surface area (Å²) in [7, 11) is 0. The molecule has 1 aliphatic rings. The van der Waals surface area contributed by atoms with Crippen molar-refractivity contribution < 1.29 is 4.42 Å². The summed E-state index contributed by atoms with van der Waals surface area (Å²) in [6.07, 6.45) is 8.27. The number of allylic oxidation sites excluding steroid dienone is 1. The van der Waals surface area contributed by atoms with Gasteiger partial charge >= 0.3 is 0 Å². The number of aromatic nitrogens is 2. The van der Waals surface area contributed by atoms with Crippen LogP contribution in [0.1, 0.15) is 35.3 Å². The van der Waals surface area contributed by atoms with E-state index in [1.807, 2.05) is 42.7 Å². The van der Waals surface area contributed by atoms with E-state index in [1.54, 1.807) is 0 Å². The Morgan fingerprint density at radius 1 is 0.574 bits per heavy atom. The Morgan fingerprint density at radius 2 is 1.17 bits per heavy atom. The number of hydrogen-bond donors (Lipinski definition) is 0. The van der Waals surface area contributed by atoms with Crippen LogP contribution in [-0.4, -0.2) is 9.97 Å². The lowest BCUT2D eigenvalue weighted by Gasteiger charge is -2.24. The molecule has 0 amide bonds. The zero-order valence-electron chi connectivity index (χ0n) is 29.6. The van der Waals surface area contributed by atoms with Gasteiger partial charge < -0.3 is 4.42 Å². The summed E-state index contributed by atoms with van der Waals surface area (Å²) >= 11 is 0. The summed E-state index contributed by atoms with van der Waals surface area (Å²) in [5.74, 6) is 2.51. The first kappa shape index (κ1) is 31.6. The van der Waals surface area contributed by atoms with Gasteiger partial charge in [-0.25, -0.2) is 9.97 Å². The Morgan fingerprint density at radius 3 is 1.83 bits per heavy atom. The molecule has 9 aromatic rings. The number of furan rings is 1. The Bertz CT molecular complexity index is 2890. The standard InChI is InChI=1S/C50H33N3O/c1-31-22-27-43-45(34-13-3-2-4-14-34)48(54-49(43)44(31)35-25-23-32(28-51)24-26-35)36-29-52-50(53-30-36)47-41-19-9-7-17-39(41)46(40-18-8-10-20-42(40)47)38-21-11-15-33-12-5-6-16-37(33)38/h2-27,29-31,44H,1H3. The molecule has 54 heavy (non-hydrogen) atoms. The van der Waals surface area contributed by atoms with E-state index in [0.717, 1.165) is 66.4 Å². The van der Waals surface area contributed by atoms with Crippen LogP contribution in [0.25, 0.3) is 83.4 Å². The third kappa shape index (κ3) is 5.05. The van der Waals surface area contributed by atoms with Crippen LogP contribution >= 0.6 is 0 Å². The molecule has 4 nitrogen and oxygen atoms in total. The van der Waals surface area contributed by atoms with E-state index in [-0.39, 0.29) is 11.8 Å². The first-order valence-electron chi connectivity index (χ1n) is 18.3. The predicted molar refractivity (Wildman–Crippen MR) is 220 cm³/mol. The van der Waals surface area contributed by atoms with Crippen LogP contribution in [0, 0.1) is 17.2 Å². The van der Waals surface area contributed by atoms with Gasteiger partial charge in [-0.2, -0.15) is 5.26 Å². The second-order valence-electron chi connectivity index (χ2n) is 14.0. The summed E-state index contributed by atoms with van der Waals surface area (Å²) in [5.41, 5.74) is 9.16. The molecule has 0 spiro atoms. The molecule has 254 valence electrons.